The predicted molar refractivity (Wildman–Crippen MR) is 100 cm³/mol. The number of amides is 1. The van der Waals surface area contributed by atoms with Gasteiger partial charge < -0.3 is 5.32 Å². The first-order chi connectivity index (χ1) is 11.9. The highest BCUT2D eigenvalue weighted by Crippen LogP contribution is 2.17. The third kappa shape index (κ3) is 6.16. The van der Waals surface area contributed by atoms with Gasteiger partial charge in [-0.1, -0.05) is 29.8 Å². The molecule has 0 fully saturated rings. The van der Waals surface area contributed by atoms with Crippen LogP contribution in [0, 0.1) is 0 Å². The van der Waals surface area contributed by atoms with Crippen LogP contribution < -0.4 is 10.0 Å². The van der Waals surface area contributed by atoms with Gasteiger partial charge in [0.25, 0.3) is 0 Å². The Morgan fingerprint density at radius 1 is 1.04 bits per heavy atom. The van der Waals surface area contributed by atoms with Crippen LogP contribution in [0.5, 0.6) is 0 Å². The van der Waals surface area contributed by atoms with Gasteiger partial charge in [0.1, 0.15) is 0 Å². The highest BCUT2D eigenvalue weighted by atomic mass is 35.5. The molecule has 2 aromatic carbocycles. The Kier molecular flexibility index (Phi) is 6.99. The molecule has 0 heterocycles. The Balaban J connectivity index is 1.81. The van der Waals surface area contributed by atoms with Crippen molar-refractivity contribution in [3.63, 3.8) is 0 Å². The smallest absolute Gasteiger partial charge is 0.240 e. The predicted octanol–water partition coefficient (Wildman–Crippen LogP) is 3.60. The molecule has 0 saturated heterocycles. The second kappa shape index (κ2) is 8.99. The number of halogens is 1. The van der Waals surface area contributed by atoms with Crippen LogP contribution in [0.3, 0.4) is 0 Å². The van der Waals surface area contributed by atoms with Gasteiger partial charge in [0.2, 0.25) is 15.9 Å². The van der Waals surface area contributed by atoms with Gasteiger partial charge in [-0.3, -0.25) is 4.79 Å². The highest BCUT2D eigenvalue weighted by Gasteiger charge is 2.13. The fourth-order valence-electron chi connectivity index (χ4n) is 2.35. The van der Waals surface area contributed by atoms with Gasteiger partial charge in [-0.05, 0) is 55.2 Å². The molecule has 2 aromatic rings. The summed E-state index contributed by atoms with van der Waals surface area (Å²) in [6, 6.07) is 13.7. The summed E-state index contributed by atoms with van der Waals surface area (Å²) in [4.78, 5) is 11.1. The van der Waals surface area contributed by atoms with Gasteiger partial charge in [0.05, 0.1) is 4.90 Å². The molecule has 0 aliphatic carbocycles. The van der Waals surface area contributed by atoms with Crippen molar-refractivity contribution in [3.8, 4) is 0 Å². The Morgan fingerprint density at radius 2 is 1.72 bits per heavy atom. The Bertz CT molecular complexity index is 820. The SMILES string of the molecule is CC(=O)Nc1ccc(S(=O)(=O)NCCCCc2ccccc2Cl)cc1. The number of benzene rings is 2. The van der Waals surface area contributed by atoms with Crippen LogP contribution in [0.2, 0.25) is 5.02 Å². The molecule has 2 N–H and O–H groups in total. The van der Waals surface area contributed by atoms with Crippen LogP contribution in [0.4, 0.5) is 5.69 Å². The fourth-order valence-corrected chi connectivity index (χ4v) is 3.66. The maximum atomic E-state index is 12.2. The van der Waals surface area contributed by atoms with Crippen molar-refractivity contribution in [1.29, 1.82) is 0 Å². The standard InChI is InChI=1S/C18H21ClN2O3S/c1-14(22)21-16-9-11-17(12-10-16)25(23,24)20-13-5-4-7-15-6-2-3-8-18(15)19/h2-3,6,8-12,20H,4-5,7,13H2,1H3,(H,21,22). The monoisotopic (exact) mass is 380 g/mol. The first-order valence-electron chi connectivity index (χ1n) is 7.99. The van der Waals surface area contributed by atoms with E-state index >= 15 is 0 Å². The van der Waals surface area contributed by atoms with Crippen molar-refractivity contribution in [2.24, 2.45) is 0 Å². The molecule has 0 aliphatic heterocycles. The van der Waals surface area contributed by atoms with Crippen molar-refractivity contribution in [2.75, 3.05) is 11.9 Å². The lowest BCUT2D eigenvalue weighted by Crippen LogP contribution is -2.24. The number of nitrogens with one attached hydrogen (secondary N) is 2. The minimum Gasteiger partial charge on any atom is -0.326 e. The molecule has 0 unspecified atom stereocenters. The van der Waals surface area contributed by atoms with Crippen LogP contribution in [0.1, 0.15) is 25.3 Å². The van der Waals surface area contributed by atoms with E-state index in [4.69, 9.17) is 11.6 Å². The van der Waals surface area contributed by atoms with E-state index in [0.717, 1.165) is 23.4 Å². The van der Waals surface area contributed by atoms with E-state index in [2.05, 4.69) is 10.0 Å². The zero-order chi connectivity index (χ0) is 18.3. The lowest BCUT2D eigenvalue weighted by molar-refractivity contribution is -0.114. The fraction of sp³-hybridized carbons (Fsp3) is 0.278. The molecule has 2 rings (SSSR count). The summed E-state index contributed by atoms with van der Waals surface area (Å²) in [5.74, 6) is -0.202. The summed E-state index contributed by atoms with van der Waals surface area (Å²) >= 11 is 6.10. The third-order valence-electron chi connectivity index (χ3n) is 3.61. The maximum absolute atomic E-state index is 12.2. The van der Waals surface area contributed by atoms with E-state index < -0.39 is 10.0 Å². The molecule has 134 valence electrons. The lowest BCUT2D eigenvalue weighted by Gasteiger charge is -2.08. The molecular formula is C18H21ClN2O3S. The summed E-state index contributed by atoms with van der Waals surface area (Å²) in [6.07, 6.45) is 2.37. The molecular weight excluding hydrogens is 360 g/mol. The number of unbranched alkanes of at least 4 members (excludes halogenated alkanes) is 1. The average molecular weight is 381 g/mol. The molecule has 7 heteroatoms. The topological polar surface area (TPSA) is 75.3 Å². The number of rotatable bonds is 8. The minimum absolute atomic E-state index is 0.174. The first-order valence-corrected chi connectivity index (χ1v) is 9.85. The molecule has 25 heavy (non-hydrogen) atoms. The van der Waals surface area contributed by atoms with Crippen molar-refractivity contribution in [1.82, 2.24) is 4.72 Å². The molecule has 0 radical (unpaired) electrons. The van der Waals surface area contributed by atoms with Gasteiger partial charge >= 0.3 is 0 Å². The number of hydrogen-bond acceptors (Lipinski definition) is 3. The van der Waals surface area contributed by atoms with Gasteiger partial charge in [-0.15, -0.1) is 0 Å². The second-order valence-corrected chi connectivity index (χ2v) is 7.83. The normalized spacial score (nSPS) is 11.3. The van der Waals surface area contributed by atoms with E-state index in [1.165, 1.54) is 19.1 Å². The van der Waals surface area contributed by atoms with E-state index in [1.54, 1.807) is 12.1 Å². The lowest BCUT2D eigenvalue weighted by atomic mass is 10.1. The Hall–Kier alpha value is -1.89. The van der Waals surface area contributed by atoms with Crippen LogP contribution in [0.25, 0.3) is 0 Å². The molecule has 0 aliphatic rings. The Morgan fingerprint density at radius 3 is 2.36 bits per heavy atom. The highest BCUT2D eigenvalue weighted by molar-refractivity contribution is 7.89. The molecule has 0 saturated carbocycles. The molecule has 0 atom stereocenters. The molecule has 0 aromatic heterocycles. The molecule has 1 amide bonds. The number of carbonyl (C=O) groups is 1. The zero-order valence-electron chi connectivity index (χ0n) is 14.0. The minimum atomic E-state index is -3.55. The third-order valence-corrected chi connectivity index (χ3v) is 5.45. The number of aryl methyl sites for hydroxylation is 1. The zero-order valence-corrected chi connectivity index (χ0v) is 15.5. The van der Waals surface area contributed by atoms with Gasteiger partial charge in [-0.25, -0.2) is 13.1 Å². The largest absolute Gasteiger partial charge is 0.326 e. The van der Waals surface area contributed by atoms with Crippen LogP contribution in [-0.4, -0.2) is 20.9 Å². The van der Waals surface area contributed by atoms with Crippen LogP contribution in [-0.2, 0) is 21.2 Å². The molecule has 0 spiro atoms. The van der Waals surface area contributed by atoms with E-state index in [-0.39, 0.29) is 10.8 Å². The van der Waals surface area contributed by atoms with Gasteiger partial charge in [0, 0.05) is 24.2 Å². The van der Waals surface area contributed by atoms with E-state index in [9.17, 15) is 13.2 Å². The summed E-state index contributed by atoms with van der Waals surface area (Å²) in [7, 11) is -3.55. The maximum Gasteiger partial charge on any atom is 0.240 e. The van der Waals surface area contributed by atoms with Crippen molar-refractivity contribution in [2.45, 2.75) is 31.1 Å². The van der Waals surface area contributed by atoms with Crippen molar-refractivity contribution >= 4 is 33.2 Å². The Labute approximate surface area is 153 Å². The van der Waals surface area contributed by atoms with Gasteiger partial charge in [-0.2, -0.15) is 0 Å². The first kappa shape index (κ1) is 19.4. The summed E-state index contributed by atoms with van der Waals surface area (Å²) < 4.78 is 27.1. The number of hydrogen-bond donors (Lipinski definition) is 2. The number of carbonyl (C=O) groups excluding carboxylic acids is 1. The summed E-state index contributed by atoms with van der Waals surface area (Å²) in [5, 5.41) is 3.34. The summed E-state index contributed by atoms with van der Waals surface area (Å²) in [6.45, 7) is 1.76. The van der Waals surface area contributed by atoms with Crippen molar-refractivity contribution in [3.05, 3.63) is 59.1 Å². The second-order valence-electron chi connectivity index (χ2n) is 5.65. The molecule has 0 bridgehead atoms. The summed E-state index contributed by atoms with van der Waals surface area (Å²) in [5.41, 5.74) is 1.63. The van der Waals surface area contributed by atoms with Crippen LogP contribution in [0.15, 0.2) is 53.4 Å². The van der Waals surface area contributed by atoms with Gasteiger partial charge in [0.15, 0.2) is 0 Å². The number of anilines is 1. The average Bonchev–Trinajstić information content (AvgIpc) is 2.56. The van der Waals surface area contributed by atoms with E-state index in [0.29, 0.717) is 18.7 Å². The quantitative estimate of drug-likeness (QED) is 0.687. The molecule has 5 nitrogen and oxygen atoms in total. The number of sulfonamides is 1. The van der Waals surface area contributed by atoms with Crippen LogP contribution >= 0.6 is 11.6 Å². The van der Waals surface area contributed by atoms with Crippen molar-refractivity contribution < 1.29 is 13.2 Å². The van der Waals surface area contributed by atoms with E-state index in [1.807, 2.05) is 24.3 Å².